The van der Waals surface area contributed by atoms with Gasteiger partial charge in [-0.3, -0.25) is 4.90 Å². The summed E-state index contributed by atoms with van der Waals surface area (Å²) in [7, 11) is 3.63. The minimum Gasteiger partial charge on any atom is -0.365 e. The standard InChI is InChI=1S/C25H36N4OS/c1-27(2)25(30)26-19-8-6-18(7-9-19)12-14-28-15-16-29(23-11-10-22(23)28)21-4-3-5-24-20(21)13-17-31-24/h3-5,13,17-19,22-23H,6-12,14-16H2,1-2H3,(H,26,30). The number of rotatable bonds is 5. The molecule has 2 unspecified atom stereocenters. The molecule has 168 valence electrons. The van der Waals surface area contributed by atoms with Gasteiger partial charge in [0, 0.05) is 61.1 Å². The summed E-state index contributed by atoms with van der Waals surface area (Å²) in [5.74, 6) is 0.823. The molecule has 2 aromatic rings. The average molecular weight is 441 g/mol. The van der Waals surface area contributed by atoms with Crippen LogP contribution in [-0.4, -0.2) is 67.7 Å². The third kappa shape index (κ3) is 4.29. The summed E-state index contributed by atoms with van der Waals surface area (Å²) in [6.45, 7) is 3.59. The summed E-state index contributed by atoms with van der Waals surface area (Å²) >= 11 is 1.85. The van der Waals surface area contributed by atoms with Crippen molar-refractivity contribution in [1.29, 1.82) is 0 Å². The van der Waals surface area contributed by atoms with Crippen LogP contribution in [0.15, 0.2) is 29.6 Å². The van der Waals surface area contributed by atoms with Gasteiger partial charge < -0.3 is 15.1 Å². The van der Waals surface area contributed by atoms with Crippen LogP contribution in [0.3, 0.4) is 0 Å². The third-order valence-corrected chi connectivity index (χ3v) is 8.77. The number of anilines is 1. The van der Waals surface area contributed by atoms with Crippen LogP contribution in [0, 0.1) is 5.92 Å². The Kier molecular flexibility index (Phi) is 6.11. The van der Waals surface area contributed by atoms with Crippen LogP contribution >= 0.6 is 11.3 Å². The van der Waals surface area contributed by atoms with Gasteiger partial charge in [-0.1, -0.05) is 6.07 Å². The van der Waals surface area contributed by atoms with Crippen molar-refractivity contribution in [3.05, 3.63) is 29.6 Å². The van der Waals surface area contributed by atoms with Crippen LogP contribution in [0.1, 0.15) is 44.9 Å². The van der Waals surface area contributed by atoms with Crippen molar-refractivity contribution in [1.82, 2.24) is 15.1 Å². The molecule has 3 aliphatic rings. The fourth-order valence-corrected chi connectivity index (χ4v) is 6.68. The summed E-state index contributed by atoms with van der Waals surface area (Å²) in [4.78, 5) is 19.0. The van der Waals surface area contributed by atoms with Gasteiger partial charge >= 0.3 is 6.03 Å². The average Bonchev–Trinajstić information content (AvgIpc) is 3.23. The van der Waals surface area contributed by atoms with Crippen molar-refractivity contribution < 1.29 is 4.79 Å². The minimum absolute atomic E-state index is 0.0514. The number of urea groups is 1. The Labute approximate surface area is 190 Å². The van der Waals surface area contributed by atoms with E-state index in [4.69, 9.17) is 0 Å². The monoisotopic (exact) mass is 440 g/mol. The largest absolute Gasteiger partial charge is 0.365 e. The van der Waals surface area contributed by atoms with E-state index in [1.807, 2.05) is 25.4 Å². The van der Waals surface area contributed by atoms with Gasteiger partial charge in [0.25, 0.3) is 0 Å². The summed E-state index contributed by atoms with van der Waals surface area (Å²) in [6.07, 6.45) is 8.78. The van der Waals surface area contributed by atoms with Crippen LogP contribution in [-0.2, 0) is 0 Å². The molecule has 1 saturated heterocycles. The molecule has 2 amide bonds. The first-order valence-corrected chi connectivity index (χ1v) is 12.9. The number of nitrogens with one attached hydrogen (secondary N) is 1. The Morgan fingerprint density at radius 1 is 1.06 bits per heavy atom. The molecule has 5 nitrogen and oxygen atoms in total. The second kappa shape index (κ2) is 8.99. The summed E-state index contributed by atoms with van der Waals surface area (Å²) in [6, 6.07) is 10.9. The summed E-state index contributed by atoms with van der Waals surface area (Å²) in [5, 5.41) is 6.83. The van der Waals surface area contributed by atoms with Crippen LogP contribution in [0.2, 0.25) is 0 Å². The van der Waals surface area contributed by atoms with Gasteiger partial charge in [0.05, 0.1) is 0 Å². The number of benzene rings is 1. The number of carbonyl (C=O) groups excluding carboxylic acids is 1. The molecule has 1 aliphatic heterocycles. The lowest BCUT2D eigenvalue weighted by Crippen LogP contribution is -2.65. The summed E-state index contributed by atoms with van der Waals surface area (Å²) < 4.78 is 1.41. The zero-order valence-corrected chi connectivity index (χ0v) is 19.7. The van der Waals surface area contributed by atoms with Crippen LogP contribution in [0.5, 0.6) is 0 Å². The third-order valence-electron chi connectivity index (χ3n) is 7.89. The highest BCUT2D eigenvalue weighted by Crippen LogP contribution is 2.40. The SMILES string of the molecule is CN(C)C(=O)NC1CCC(CCN2CCN(c3cccc4sccc34)C3CCC32)CC1. The van der Waals surface area contributed by atoms with E-state index in [1.54, 1.807) is 4.90 Å². The number of amides is 2. The number of fused-ring (bicyclic) bond motifs is 2. The molecule has 5 rings (SSSR count). The molecular formula is C25H36N4OS. The maximum Gasteiger partial charge on any atom is 0.317 e. The Bertz CT molecular complexity index is 904. The second-order valence-corrected chi connectivity index (χ2v) is 10.8. The van der Waals surface area contributed by atoms with Gasteiger partial charge in [0.1, 0.15) is 0 Å². The van der Waals surface area contributed by atoms with Crippen LogP contribution in [0.25, 0.3) is 10.1 Å². The smallest absolute Gasteiger partial charge is 0.317 e. The zero-order valence-electron chi connectivity index (χ0n) is 18.9. The Morgan fingerprint density at radius 3 is 2.61 bits per heavy atom. The number of hydrogen-bond acceptors (Lipinski definition) is 4. The van der Waals surface area contributed by atoms with Crippen molar-refractivity contribution in [3.63, 3.8) is 0 Å². The van der Waals surface area contributed by atoms with Crippen molar-refractivity contribution in [3.8, 4) is 0 Å². The Hall–Kier alpha value is -1.79. The Balaban J connectivity index is 1.12. The van der Waals surface area contributed by atoms with Crippen LogP contribution < -0.4 is 10.2 Å². The number of thiophene rings is 1. The lowest BCUT2D eigenvalue weighted by molar-refractivity contribution is 0.0650. The first-order chi connectivity index (χ1) is 15.1. The van der Waals surface area contributed by atoms with Gasteiger partial charge in [-0.25, -0.2) is 4.79 Å². The maximum absolute atomic E-state index is 11.9. The number of hydrogen-bond donors (Lipinski definition) is 1. The summed E-state index contributed by atoms with van der Waals surface area (Å²) in [5.41, 5.74) is 1.45. The first-order valence-electron chi connectivity index (χ1n) is 12.0. The molecule has 1 N–H and O–H groups in total. The van der Waals surface area contributed by atoms with E-state index < -0.39 is 0 Å². The highest BCUT2D eigenvalue weighted by Gasteiger charge is 2.43. The quantitative estimate of drug-likeness (QED) is 0.728. The van der Waals surface area contributed by atoms with E-state index in [-0.39, 0.29) is 6.03 Å². The first kappa shape index (κ1) is 21.1. The number of piperazine rings is 1. The lowest BCUT2D eigenvalue weighted by Gasteiger charge is -2.55. The van der Waals surface area contributed by atoms with Gasteiger partial charge in [0.15, 0.2) is 0 Å². The molecule has 0 radical (unpaired) electrons. The van der Waals surface area contributed by atoms with Crippen LogP contribution in [0.4, 0.5) is 10.5 Å². The minimum atomic E-state index is 0.0514. The van der Waals surface area contributed by atoms with Crippen molar-refractivity contribution in [2.45, 2.75) is 63.1 Å². The van der Waals surface area contributed by atoms with E-state index in [9.17, 15) is 4.79 Å². The molecule has 0 spiro atoms. The molecule has 0 bridgehead atoms. The molecule has 3 fully saturated rings. The molecule has 1 aromatic carbocycles. The molecule has 31 heavy (non-hydrogen) atoms. The predicted octanol–water partition coefficient (Wildman–Crippen LogP) is 4.77. The zero-order chi connectivity index (χ0) is 21.4. The van der Waals surface area contributed by atoms with E-state index in [2.05, 4.69) is 44.8 Å². The number of carbonyl (C=O) groups is 1. The highest BCUT2D eigenvalue weighted by atomic mass is 32.1. The molecule has 6 heteroatoms. The van der Waals surface area contributed by atoms with E-state index in [0.29, 0.717) is 12.1 Å². The second-order valence-electron chi connectivity index (χ2n) is 9.90. The van der Waals surface area contributed by atoms with Crippen molar-refractivity contribution >= 4 is 33.1 Å². The molecular weight excluding hydrogens is 404 g/mol. The van der Waals surface area contributed by atoms with Gasteiger partial charge in [0.2, 0.25) is 0 Å². The fraction of sp³-hybridized carbons (Fsp3) is 0.640. The van der Waals surface area contributed by atoms with E-state index >= 15 is 0 Å². The van der Waals surface area contributed by atoms with Gasteiger partial charge in [-0.15, -0.1) is 11.3 Å². The maximum atomic E-state index is 11.9. The Morgan fingerprint density at radius 2 is 1.87 bits per heavy atom. The molecule has 1 aromatic heterocycles. The molecule has 2 atom stereocenters. The van der Waals surface area contributed by atoms with Crippen molar-refractivity contribution in [2.24, 2.45) is 5.92 Å². The van der Waals surface area contributed by atoms with Gasteiger partial charge in [-0.05, 0) is 81.0 Å². The van der Waals surface area contributed by atoms with Crippen molar-refractivity contribution in [2.75, 3.05) is 38.6 Å². The number of nitrogens with zero attached hydrogens (tertiary/aromatic N) is 3. The fourth-order valence-electron chi connectivity index (χ4n) is 5.87. The topological polar surface area (TPSA) is 38.8 Å². The van der Waals surface area contributed by atoms with Gasteiger partial charge in [-0.2, -0.15) is 0 Å². The molecule has 2 heterocycles. The highest BCUT2D eigenvalue weighted by molar-refractivity contribution is 7.17. The predicted molar refractivity (Wildman–Crippen MR) is 130 cm³/mol. The van der Waals surface area contributed by atoms with E-state index in [1.165, 1.54) is 61.0 Å². The molecule has 2 aliphatic carbocycles. The molecule has 2 saturated carbocycles. The lowest BCUT2D eigenvalue weighted by atomic mass is 9.80. The van der Waals surface area contributed by atoms with E-state index in [0.717, 1.165) is 31.3 Å². The normalized spacial score (nSPS) is 28.8.